The minimum atomic E-state index is -0.131. The van der Waals surface area contributed by atoms with Crippen LogP contribution < -0.4 is 10.6 Å². The number of nitrogens with one attached hydrogen (secondary N) is 2. The zero-order valence-corrected chi connectivity index (χ0v) is 9.30. The first-order valence-corrected chi connectivity index (χ1v) is 5.28. The standard InChI is InChI=1S/C11H18N2O2/c1-3-12-6-4-7-13-11(14)10-9(2)5-8-15-10/h5,8,12H,3-4,6-7H2,1-2H3,(H,13,14). The monoisotopic (exact) mass is 210 g/mol. The second-order valence-corrected chi connectivity index (χ2v) is 3.40. The molecule has 0 spiro atoms. The van der Waals surface area contributed by atoms with Crippen molar-refractivity contribution in [3.63, 3.8) is 0 Å². The smallest absolute Gasteiger partial charge is 0.287 e. The second kappa shape index (κ2) is 6.24. The summed E-state index contributed by atoms with van der Waals surface area (Å²) in [5, 5.41) is 6.01. The molecule has 0 aliphatic carbocycles. The van der Waals surface area contributed by atoms with Gasteiger partial charge in [-0.15, -0.1) is 0 Å². The summed E-state index contributed by atoms with van der Waals surface area (Å²) in [6, 6.07) is 1.79. The van der Waals surface area contributed by atoms with Gasteiger partial charge >= 0.3 is 0 Å². The third kappa shape index (κ3) is 3.75. The molecule has 0 fully saturated rings. The molecule has 1 heterocycles. The largest absolute Gasteiger partial charge is 0.459 e. The van der Waals surface area contributed by atoms with E-state index in [1.165, 1.54) is 6.26 Å². The van der Waals surface area contributed by atoms with Gasteiger partial charge < -0.3 is 15.1 Å². The maximum absolute atomic E-state index is 11.5. The molecule has 0 unspecified atom stereocenters. The minimum absolute atomic E-state index is 0.131. The second-order valence-electron chi connectivity index (χ2n) is 3.40. The molecule has 0 aliphatic heterocycles. The zero-order valence-electron chi connectivity index (χ0n) is 9.30. The fourth-order valence-corrected chi connectivity index (χ4v) is 1.28. The number of hydrogen-bond acceptors (Lipinski definition) is 3. The number of aryl methyl sites for hydroxylation is 1. The average Bonchev–Trinajstić information content (AvgIpc) is 2.64. The van der Waals surface area contributed by atoms with Crippen molar-refractivity contribution in [2.24, 2.45) is 0 Å². The van der Waals surface area contributed by atoms with Gasteiger partial charge in [0.1, 0.15) is 0 Å². The van der Waals surface area contributed by atoms with E-state index in [4.69, 9.17) is 4.42 Å². The number of amides is 1. The molecule has 4 nitrogen and oxygen atoms in total. The van der Waals surface area contributed by atoms with Crippen LogP contribution in [0.3, 0.4) is 0 Å². The van der Waals surface area contributed by atoms with Crippen molar-refractivity contribution in [3.8, 4) is 0 Å². The normalized spacial score (nSPS) is 10.3. The molecule has 0 saturated carbocycles. The number of furan rings is 1. The predicted octanol–water partition coefficient (Wildman–Crippen LogP) is 1.32. The summed E-state index contributed by atoms with van der Waals surface area (Å²) in [6.45, 7) is 6.48. The molecule has 1 aromatic rings. The quantitative estimate of drug-likeness (QED) is 0.696. The Hall–Kier alpha value is -1.29. The molecule has 1 amide bonds. The van der Waals surface area contributed by atoms with E-state index in [0.717, 1.165) is 25.1 Å². The maximum Gasteiger partial charge on any atom is 0.287 e. The fraction of sp³-hybridized carbons (Fsp3) is 0.545. The Morgan fingerprint density at radius 3 is 2.87 bits per heavy atom. The van der Waals surface area contributed by atoms with Gasteiger partial charge in [-0.25, -0.2) is 0 Å². The Bertz CT molecular complexity index is 307. The Balaban J connectivity index is 2.22. The molecule has 0 saturated heterocycles. The lowest BCUT2D eigenvalue weighted by atomic mass is 10.2. The maximum atomic E-state index is 11.5. The first-order chi connectivity index (χ1) is 7.25. The highest BCUT2D eigenvalue weighted by Crippen LogP contribution is 2.07. The molecule has 0 radical (unpaired) electrons. The summed E-state index contributed by atoms with van der Waals surface area (Å²) in [5.74, 6) is 0.285. The van der Waals surface area contributed by atoms with Gasteiger partial charge in [0.05, 0.1) is 6.26 Å². The number of carbonyl (C=O) groups excluding carboxylic acids is 1. The number of hydrogen-bond donors (Lipinski definition) is 2. The lowest BCUT2D eigenvalue weighted by molar-refractivity contribution is 0.0924. The van der Waals surface area contributed by atoms with Crippen molar-refractivity contribution in [1.82, 2.24) is 10.6 Å². The topological polar surface area (TPSA) is 54.3 Å². The Morgan fingerprint density at radius 2 is 2.27 bits per heavy atom. The highest BCUT2D eigenvalue weighted by molar-refractivity contribution is 5.92. The van der Waals surface area contributed by atoms with Crippen LogP contribution in [-0.2, 0) is 0 Å². The average molecular weight is 210 g/mol. The molecule has 0 atom stereocenters. The molecular formula is C11H18N2O2. The first-order valence-electron chi connectivity index (χ1n) is 5.28. The van der Waals surface area contributed by atoms with Crippen LogP contribution in [0.2, 0.25) is 0 Å². The summed E-state index contributed by atoms with van der Waals surface area (Å²) in [4.78, 5) is 11.5. The number of carbonyl (C=O) groups is 1. The summed E-state index contributed by atoms with van der Waals surface area (Å²) in [5.41, 5.74) is 0.874. The van der Waals surface area contributed by atoms with Crippen LogP contribution >= 0.6 is 0 Å². The van der Waals surface area contributed by atoms with Crippen LogP contribution in [0.5, 0.6) is 0 Å². The van der Waals surface area contributed by atoms with Crippen LogP contribution in [0.25, 0.3) is 0 Å². The summed E-state index contributed by atoms with van der Waals surface area (Å²) in [7, 11) is 0. The van der Waals surface area contributed by atoms with Gasteiger partial charge in [0, 0.05) is 12.1 Å². The van der Waals surface area contributed by atoms with Gasteiger partial charge in [0.15, 0.2) is 5.76 Å². The lowest BCUT2D eigenvalue weighted by Gasteiger charge is -2.04. The van der Waals surface area contributed by atoms with E-state index in [-0.39, 0.29) is 5.91 Å². The van der Waals surface area contributed by atoms with Crippen LogP contribution in [0.1, 0.15) is 29.5 Å². The first kappa shape index (κ1) is 11.8. The molecule has 1 rings (SSSR count). The summed E-state index contributed by atoms with van der Waals surface area (Å²) < 4.78 is 5.08. The molecule has 4 heteroatoms. The molecular weight excluding hydrogens is 192 g/mol. The van der Waals surface area contributed by atoms with Gasteiger partial charge in [-0.3, -0.25) is 4.79 Å². The summed E-state index contributed by atoms with van der Waals surface area (Å²) in [6.07, 6.45) is 2.46. The van der Waals surface area contributed by atoms with E-state index < -0.39 is 0 Å². The molecule has 15 heavy (non-hydrogen) atoms. The van der Waals surface area contributed by atoms with Crippen molar-refractivity contribution in [3.05, 3.63) is 23.7 Å². The molecule has 84 valence electrons. The van der Waals surface area contributed by atoms with E-state index >= 15 is 0 Å². The van der Waals surface area contributed by atoms with E-state index in [9.17, 15) is 4.79 Å². The lowest BCUT2D eigenvalue weighted by Crippen LogP contribution is -2.27. The van der Waals surface area contributed by atoms with Gasteiger partial charge in [0.25, 0.3) is 5.91 Å². The fourth-order valence-electron chi connectivity index (χ4n) is 1.28. The highest BCUT2D eigenvalue weighted by Gasteiger charge is 2.10. The number of rotatable bonds is 6. The Labute approximate surface area is 90.0 Å². The molecule has 0 bridgehead atoms. The third-order valence-electron chi connectivity index (χ3n) is 2.13. The predicted molar refractivity (Wildman–Crippen MR) is 58.9 cm³/mol. The van der Waals surface area contributed by atoms with Gasteiger partial charge in [-0.05, 0) is 32.5 Å². The third-order valence-corrected chi connectivity index (χ3v) is 2.13. The Morgan fingerprint density at radius 1 is 1.47 bits per heavy atom. The van der Waals surface area contributed by atoms with E-state index in [2.05, 4.69) is 17.6 Å². The van der Waals surface area contributed by atoms with Crippen LogP contribution in [0, 0.1) is 6.92 Å². The zero-order chi connectivity index (χ0) is 11.1. The van der Waals surface area contributed by atoms with E-state index in [1.807, 2.05) is 6.92 Å². The van der Waals surface area contributed by atoms with Crippen LogP contribution in [0.4, 0.5) is 0 Å². The van der Waals surface area contributed by atoms with E-state index in [1.54, 1.807) is 6.07 Å². The van der Waals surface area contributed by atoms with E-state index in [0.29, 0.717) is 12.3 Å². The van der Waals surface area contributed by atoms with Crippen molar-refractivity contribution in [1.29, 1.82) is 0 Å². The van der Waals surface area contributed by atoms with Crippen molar-refractivity contribution in [2.45, 2.75) is 20.3 Å². The van der Waals surface area contributed by atoms with Crippen LogP contribution in [-0.4, -0.2) is 25.5 Å². The summed E-state index contributed by atoms with van der Waals surface area (Å²) >= 11 is 0. The van der Waals surface area contributed by atoms with Gasteiger partial charge in [-0.2, -0.15) is 0 Å². The van der Waals surface area contributed by atoms with Gasteiger partial charge in [-0.1, -0.05) is 6.92 Å². The van der Waals surface area contributed by atoms with Crippen molar-refractivity contribution < 1.29 is 9.21 Å². The SMILES string of the molecule is CCNCCCNC(=O)c1occc1C. The molecule has 1 aromatic heterocycles. The van der Waals surface area contributed by atoms with Gasteiger partial charge in [0.2, 0.25) is 0 Å². The molecule has 2 N–H and O–H groups in total. The Kier molecular flexibility index (Phi) is 4.90. The van der Waals surface area contributed by atoms with Crippen molar-refractivity contribution in [2.75, 3.05) is 19.6 Å². The minimum Gasteiger partial charge on any atom is -0.459 e. The molecule has 0 aromatic carbocycles. The molecule has 0 aliphatic rings. The van der Waals surface area contributed by atoms with Crippen molar-refractivity contribution >= 4 is 5.91 Å². The van der Waals surface area contributed by atoms with Crippen LogP contribution in [0.15, 0.2) is 16.7 Å². The highest BCUT2D eigenvalue weighted by atomic mass is 16.3.